The van der Waals surface area contributed by atoms with Crippen molar-refractivity contribution in [1.29, 1.82) is 5.26 Å². The monoisotopic (exact) mass is 259 g/mol. The summed E-state index contributed by atoms with van der Waals surface area (Å²) in [6, 6.07) is 6.70. The number of hydrogen-bond acceptors (Lipinski definition) is 4. The molecule has 0 aromatic heterocycles. The maximum Gasteiger partial charge on any atom is 0.287 e. The molecule has 0 amide bonds. The molecule has 1 heterocycles. The topological polar surface area (TPSA) is 70.2 Å². The molecule has 1 aliphatic heterocycles. The van der Waals surface area contributed by atoms with Gasteiger partial charge in [0.25, 0.3) is 5.69 Å². The molecule has 1 fully saturated rings. The summed E-state index contributed by atoms with van der Waals surface area (Å²) in [4.78, 5) is 12.5. The third-order valence-corrected chi connectivity index (χ3v) is 4.00. The summed E-state index contributed by atoms with van der Waals surface area (Å²) < 4.78 is 0. The predicted molar refractivity (Wildman–Crippen MR) is 73.0 cm³/mol. The van der Waals surface area contributed by atoms with E-state index < -0.39 is 4.92 Å². The quantitative estimate of drug-likeness (QED) is 0.604. The molecule has 1 aromatic carbocycles. The van der Waals surface area contributed by atoms with Gasteiger partial charge in [0.05, 0.1) is 4.92 Å². The van der Waals surface area contributed by atoms with E-state index in [1.165, 1.54) is 6.07 Å². The van der Waals surface area contributed by atoms with E-state index in [1.54, 1.807) is 12.1 Å². The van der Waals surface area contributed by atoms with Crippen LogP contribution < -0.4 is 4.90 Å². The fourth-order valence-corrected chi connectivity index (χ4v) is 2.47. The van der Waals surface area contributed by atoms with Gasteiger partial charge in [-0.25, -0.2) is 0 Å². The first-order valence-corrected chi connectivity index (χ1v) is 6.46. The number of nitrogens with zero attached hydrogens (tertiary/aromatic N) is 3. The van der Waals surface area contributed by atoms with Crippen molar-refractivity contribution in [2.45, 2.75) is 20.3 Å². The van der Waals surface area contributed by atoms with Crippen LogP contribution in [0, 0.1) is 33.3 Å². The van der Waals surface area contributed by atoms with E-state index in [0.29, 0.717) is 11.8 Å². The van der Waals surface area contributed by atoms with Gasteiger partial charge in [-0.2, -0.15) is 5.26 Å². The summed E-state index contributed by atoms with van der Waals surface area (Å²) >= 11 is 0. The van der Waals surface area contributed by atoms with Crippen molar-refractivity contribution < 1.29 is 4.92 Å². The Morgan fingerprint density at radius 2 is 2.16 bits per heavy atom. The predicted octanol–water partition coefficient (Wildman–Crippen LogP) is 2.95. The van der Waals surface area contributed by atoms with Gasteiger partial charge in [-0.3, -0.25) is 10.1 Å². The molecule has 0 bridgehead atoms. The summed E-state index contributed by atoms with van der Waals surface area (Å²) in [5.41, 5.74) is 0.916. The normalized spacial score (nSPS) is 22.9. The average molecular weight is 259 g/mol. The molecule has 5 nitrogen and oxygen atoms in total. The van der Waals surface area contributed by atoms with E-state index >= 15 is 0 Å². The van der Waals surface area contributed by atoms with Crippen molar-refractivity contribution in [3.8, 4) is 6.07 Å². The largest absolute Gasteiger partial charge is 0.371 e. The lowest BCUT2D eigenvalue weighted by atomic mass is 9.88. The third-order valence-electron chi connectivity index (χ3n) is 4.00. The second kappa shape index (κ2) is 5.27. The molecule has 0 saturated carbocycles. The van der Waals surface area contributed by atoms with Gasteiger partial charge in [0.15, 0.2) is 0 Å². The highest BCUT2D eigenvalue weighted by atomic mass is 16.6. The van der Waals surface area contributed by atoms with E-state index in [-0.39, 0.29) is 11.3 Å². The number of rotatable bonds is 2. The van der Waals surface area contributed by atoms with Crippen LogP contribution in [0.1, 0.15) is 25.8 Å². The smallest absolute Gasteiger partial charge is 0.287 e. The Kier molecular flexibility index (Phi) is 3.70. The van der Waals surface area contributed by atoms with Gasteiger partial charge in [-0.05, 0) is 30.4 Å². The first kappa shape index (κ1) is 13.3. The summed E-state index contributed by atoms with van der Waals surface area (Å²) in [6.45, 7) is 6.34. The molecular formula is C14H17N3O2. The second-order valence-corrected chi connectivity index (χ2v) is 5.26. The van der Waals surface area contributed by atoms with Gasteiger partial charge in [-0.15, -0.1) is 0 Å². The van der Waals surface area contributed by atoms with Crippen LogP contribution in [0.2, 0.25) is 0 Å². The van der Waals surface area contributed by atoms with Crippen molar-refractivity contribution in [2.75, 3.05) is 18.0 Å². The molecule has 1 saturated heterocycles. The molecule has 2 atom stereocenters. The lowest BCUT2D eigenvalue weighted by Crippen LogP contribution is -2.38. The van der Waals surface area contributed by atoms with Crippen molar-refractivity contribution in [3.63, 3.8) is 0 Å². The maximum absolute atomic E-state index is 10.8. The molecule has 0 aliphatic carbocycles. The standard InChI is InChI=1S/C14H17N3O2/c1-10-5-6-16(9-11(10)2)13-3-4-14(17(18)19)12(7-13)8-15/h3-4,7,10-11H,5-6,9H2,1-2H3. The zero-order valence-corrected chi connectivity index (χ0v) is 11.2. The van der Waals surface area contributed by atoms with Crippen LogP contribution in [0.15, 0.2) is 18.2 Å². The Labute approximate surface area is 112 Å². The summed E-state index contributed by atoms with van der Waals surface area (Å²) in [5.74, 6) is 1.29. The minimum Gasteiger partial charge on any atom is -0.371 e. The highest BCUT2D eigenvalue weighted by Crippen LogP contribution is 2.29. The van der Waals surface area contributed by atoms with Crippen molar-refractivity contribution in [3.05, 3.63) is 33.9 Å². The van der Waals surface area contributed by atoms with Gasteiger partial charge in [0, 0.05) is 24.8 Å². The van der Waals surface area contributed by atoms with Crippen LogP contribution in [-0.2, 0) is 0 Å². The number of anilines is 1. The van der Waals surface area contributed by atoms with Crippen LogP contribution >= 0.6 is 0 Å². The third kappa shape index (κ3) is 2.68. The molecule has 0 spiro atoms. The first-order valence-electron chi connectivity index (χ1n) is 6.46. The van der Waals surface area contributed by atoms with Crippen molar-refractivity contribution >= 4 is 11.4 Å². The van der Waals surface area contributed by atoms with Crippen LogP contribution in [0.25, 0.3) is 0 Å². The molecule has 0 N–H and O–H groups in total. The SMILES string of the molecule is CC1CCN(c2ccc([N+](=O)[O-])c(C#N)c2)CC1C. The summed E-state index contributed by atoms with van der Waals surface area (Å²) in [5, 5.41) is 19.8. The zero-order chi connectivity index (χ0) is 14.0. The maximum atomic E-state index is 10.8. The highest BCUT2D eigenvalue weighted by Gasteiger charge is 2.24. The lowest BCUT2D eigenvalue weighted by Gasteiger charge is -2.36. The first-order chi connectivity index (χ1) is 9.02. The molecule has 0 radical (unpaired) electrons. The zero-order valence-electron chi connectivity index (χ0n) is 11.2. The highest BCUT2D eigenvalue weighted by molar-refractivity contribution is 5.60. The molecule has 5 heteroatoms. The number of nitriles is 1. The molecule has 100 valence electrons. The molecule has 2 unspecified atom stereocenters. The van der Waals surface area contributed by atoms with Crippen molar-refractivity contribution in [2.24, 2.45) is 11.8 Å². The van der Waals surface area contributed by atoms with Gasteiger partial charge >= 0.3 is 0 Å². The summed E-state index contributed by atoms with van der Waals surface area (Å²) in [6.07, 6.45) is 1.11. The molecule has 1 aromatic rings. The van der Waals surface area contributed by atoms with Crippen LogP contribution in [0.5, 0.6) is 0 Å². The Morgan fingerprint density at radius 1 is 1.42 bits per heavy atom. The van der Waals surface area contributed by atoms with Crippen LogP contribution in [-0.4, -0.2) is 18.0 Å². The molecule has 2 rings (SSSR count). The number of benzene rings is 1. The van der Waals surface area contributed by atoms with Gasteiger partial charge < -0.3 is 4.90 Å². The Balaban J connectivity index is 2.27. The lowest BCUT2D eigenvalue weighted by molar-refractivity contribution is -0.385. The summed E-state index contributed by atoms with van der Waals surface area (Å²) in [7, 11) is 0. The second-order valence-electron chi connectivity index (χ2n) is 5.26. The van der Waals surface area contributed by atoms with E-state index in [1.807, 2.05) is 6.07 Å². The molecular weight excluding hydrogens is 242 g/mol. The number of piperidine rings is 1. The Bertz CT molecular complexity index is 536. The molecule has 1 aliphatic rings. The van der Waals surface area contributed by atoms with Gasteiger partial charge in [-0.1, -0.05) is 13.8 Å². The average Bonchev–Trinajstić information content (AvgIpc) is 2.41. The van der Waals surface area contributed by atoms with E-state index in [9.17, 15) is 10.1 Å². The van der Waals surface area contributed by atoms with E-state index in [4.69, 9.17) is 5.26 Å². The Morgan fingerprint density at radius 3 is 2.74 bits per heavy atom. The minimum absolute atomic E-state index is 0.121. The number of nitro benzene ring substituents is 1. The fourth-order valence-electron chi connectivity index (χ4n) is 2.47. The Hall–Kier alpha value is -2.09. The van der Waals surface area contributed by atoms with Gasteiger partial charge in [0.1, 0.15) is 11.6 Å². The van der Waals surface area contributed by atoms with Crippen LogP contribution in [0.4, 0.5) is 11.4 Å². The minimum atomic E-state index is -0.511. The van der Waals surface area contributed by atoms with E-state index in [2.05, 4.69) is 18.7 Å². The van der Waals surface area contributed by atoms with Crippen LogP contribution in [0.3, 0.4) is 0 Å². The number of nitro groups is 1. The fraction of sp³-hybridized carbons (Fsp3) is 0.500. The van der Waals surface area contributed by atoms with Gasteiger partial charge in [0.2, 0.25) is 0 Å². The van der Waals surface area contributed by atoms with Crippen molar-refractivity contribution in [1.82, 2.24) is 0 Å². The van der Waals surface area contributed by atoms with E-state index in [0.717, 1.165) is 25.2 Å². The molecule has 19 heavy (non-hydrogen) atoms. The number of hydrogen-bond donors (Lipinski definition) is 0.